The van der Waals surface area contributed by atoms with E-state index in [0.717, 1.165) is 12.8 Å². The third-order valence-corrected chi connectivity index (χ3v) is 5.66. The molecule has 0 aromatic carbocycles. The zero-order chi connectivity index (χ0) is 14.0. The van der Waals surface area contributed by atoms with Gasteiger partial charge in [0.1, 0.15) is 0 Å². The van der Waals surface area contributed by atoms with E-state index in [1.165, 1.54) is 0 Å². The second-order valence-corrected chi connectivity index (χ2v) is 8.70. The molecule has 1 heterocycles. The monoisotopic (exact) mass is 276 g/mol. The van der Waals surface area contributed by atoms with Crippen molar-refractivity contribution < 1.29 is 8.42 Å². The van der Waals surface area contributed by atoms with E-state index in [1.54, 1.807) is 4.31 Å². The van der Waals surface area contributed by atoms with Crippen molar-refractivity contribution in [3.05, 3.63) is 0 Å². The van der Waals surface area contributed by atoms with Gasteiger partial charge in [-0.25, -0.2) is 8.42 Å². The van der Waals surface area contributed by atoms with Gasteiger partial charge in [0.15, 0.2) is 0 Å². The average molecular weight is 276 g/mol. The van der Waals surface area contributed by atoms with Gasteiger partial charge in [0.2, 0.25) is 10.0 Å². The molecule has 1 aliphatic heterocycles. The van der Waals surface area contributed by atoms with Gasteiger partial charge in [-0.15, -0.1) is 0 Å². The topological polar surface area (TPSA) is 63.4 Å². The van der Waals surface area contributed by atoms with Crippen molar-refractivity contribution in [1.82, 2.24) is 4.31 Å². The minimum absolute atomic E-state index is 0.0104. The van der Waals surface area contributed by atoms with Crippen LogP contribution in [0.5, 0.6) is 0 Å². The molecule has 2 unspecified atom stereocenters. The van der Waals surface area contributed by atoms with Crippen LogP contribution in [0.15, 0.2) is 0 Å². The summed E-state index contributed by atoms with van der Waals surface area (Å²) >= 11 is 0. The Morgan fingerprint density at radius 3 is 2.44 bits per heavy atom. The maximum atomic E-state index is 12.4. The van der Waals surface area contributed by atoms with Crippen molar-refractivity contribution in [2.45, 2.75) is 53.0 Å². The van der Waals surface area contributed by atoms with Crippen molar-refractivity contribution in [3.8, 4) is 0 Å². The van der Waals surface area contributed by atoms with E-state index < -0.39 is 10.0 Å². The molecule has 0 bridgehead atoms. The summed E-state index contributed by atoms with van der Waals surface area (Å²) in [5.41, 5.74) is 5.80. The van der Waals surface area contributed by atoms with Gasteiger partial charge in [-0.3, -0.25) is 0 Å². The highest BCUT2D eigenvalue weighted by molar-refractivity contribution is 7.89. The molecule has 1 saturated heterocycles. The lowest BCUT2D eigenvalue weighted by Crippen LogP contribution is -2.52. The normalized spacial score (nSPS) is 27.4. The van der Waals surface area contributed by atoms with Gasteiger partial charge in [0, 0.05) is 19.1 Å². The van der Waals surface area contributed by atoms with Crippen molar-refractivity contribution >= 4 is 10.0 Å². The van der Waals surface area contributed by atoms with E-state index in [1.807, 2.05) is 0 Å². The minimum atomic E-state index is -3.16. The van der Waals surface area contributed by atoms with E-state index in [2.05, 4.69) is 27.7 Å². The zero-order valence-corrected chi connectivity index (χ0v) is 13.0. The molecule has 2 atom stereocenters. The molecular formula is C13H28N2O2S. The van der Waals surface area contributed by atoms with Crippen LogP contribution in [0.1, 0.15) is 47.0 Å². The summed E-state index contributed by atoms with van der Waals surface area (Å²) in [6.45, 7) is 9.38. The van der Waals surface area contributed by atoms with Crippen LogP contribution in [0.3, 0.4) is 0 Å². The fraction of sp³-hybridized carbons (Fsp3) is 1.00. The van der Waals surface area contributed by atoms with Crippen molar-refractivity contribution in [1.29, 1.82) is 0 Å². The van der Waals surface area contributed by atoms with Crippen LogP contribution in [0, 0.1) is 11.3 Å². The third-order valence-electron chi connectivity index (χ3n) is 3.77. The number of nitrogens with zero attached hydrogens (tertiary/aromatic N) is 1. The molecule has 1 fully saturated rings. The Hall–Kier alpha value is -0.130. The number of nitrogens with two attached hydrogens (primary N) is 1. The summed E-state index contributed by atoms with van der Waals surface area (Å²) in [5.74, 6) is 0.605. The summed E-state index contributed by atoms with van der Waals surface area (Å²) in [7, 11) is -3.16. The number of piperidine rings is 1. The molecule has 0 aliphatic carbocycles. The Morgan fingerprint density at radius 1 is 1.33 bits per heavy atom. The standard InChI is InChI=1S/C13H28N2O2S/c1-11-6-5-8-15(12(11)10-14)18(16,17)9-7-13(2,3)4/h11-12H,5-10,14H2,1-4H3. The molecule has 18 heavy (non-hydrogen) atoms. The Kier molecular flexibility index (Phi) is 5.21. The van der Waals surface area contributed by atoms with E-state index in [9.17, 15) is 8.42 Å². The van der Waals surface area contributed by atoms with Crippen LogP contribution >= 0.6 is 0 Å². The molecule has 4 nitrogen and oxygen atoms in total. The van der Waals surface area contributed by atoms with E-state index in [-0.39, 0.29) is 17.2 Å². The first-order valence-electron chi connectivity index (χ1n) is 6.87. The van der Waals surface area contributed by atoms with Crippen LogP contribution in [-0.2, 0) is 10.0 Å². The smallest absolute Gasteiger partial charge is 0.214 e. The predicted octanol–water partition coefficient (Wildman–Crippen LogP) is 1.81. The maximum absolute atomic E-state index is 12.4. The van der Waals surface area contributed by atoms with Gasteiger partial charge in [-0.05, 0) is 30.6 Å². The first kappa shape index (κ1) is 15.9. The molecule has 0 radical (unpaired) electrons. The minimum Gasteiger partial charge on any atom is -0.329 e. The molecule has 0 saturated carbocycles. The van der Waals surface area contributed by atoms with Crippen LogP contribution in [0.4, 0.5) is 0 Å². The van der Waals surface area contributed by atoms with Gasteiger partial charge in [0.25, 0.3) is 0 Å². The Bertz CT molecular complexity index is 360. The van der Waals surface area contributed by atoms with E-state index >= 15 is 0 Å². The van der Waals surface area contributed by atoms with Gasteiger partial charge in [-0.2, -0.15) is 4.31 Å². The second kappa shape index (κ2) is 5.88. The quantitative estimate of drug-likeness (QED) is 0.852. The van der Waals surface area contributed by atoms with Crippen LogP contribution in [0.25, 0.3) is 0 Å². The predicted molar refractivity (Wildman–Crippen MR) is 75.8 cm³/mol. The lowest BCUT2D eigenvalue weighted by Gasteiger charge is -2.38. The highest BCUT2D eigenvalue weighted by Crippen LogP contribution is 2.27. The summed E-state index contributed by atoms with van der Waals surface area (Å²) < 4.78 is 26.5. The fourth-order valence-corrected chi connectivity index (χ4v) is 4.68. The van der Waals surface area contributed by atoms with Crippen LogP contribution in [0.2, 0.25) is 0 Å². The fourth-order valence-electron chi connectivity index (χ4n) is 2.46. The van der Waals surface area contributed by atoms with E-state index in [4.69, 9.17) is 5.73 Å². The largest absolute Gasteiger partial charge is 0.329 e. The van der Waals surface area contributed by atoms with Crippen LogP contribution < -0.4 is 5.73 Å². The number of sulfonamides is 1. The van der Waals surface area contributed by atoms with Crippen LogP contribution in [-0.4, -0.2) is 37.6 Å². The lowest BCUT2D eigenvalue weighted by molar-refractivity contribution is 0.191. The number of rotatable bonds is 4. The highest BCUT2D eigenvalue weighted by atomic mass is 32.2. The Labute approximate surface area is 112 Å². The average Bonchev–Trinajstić information content (AvgIpc) is 2.25. The van der Waals surface area contributed by atoms with Crippen molar-refractivity contribution in [3.63, 3.8) is 0 Å². The molecule has 5 heteroatoms. The molecule has 1 rings (SSSR count). The zero-order valence-electron chi connectivity index (χ0n) is 12.1. The van der Waals surface area contributed by atoms with Gasteiger partial charge in [-0.1, -0.05) is 27.7 Å². The van der Waals surface area contributed by atoms with Gasteiger partial charge < -0.3 is 5.73 Å². The van der Waals surface area contributed by atoms with Gasteiger partial charge in [0.05, 0.1) is 5.75 Å². The number of hydrogen-bond acceptors (Lipinski definition) is 3. The maximum Gasteiger partial charge on any atom is 0.214 e. The summed E-state index contributed by atoms with van der Waals surface area (Å²) in [4.78, 5) is 0. The van der Waals surface area contributed by atoms with Gasteiger partial charge >= 0.3 is 0 Å². The molecule has 0 spiro atoms. The Morgan fingerprint density at radius 2 is 1.94 bits per heavy atom. The molecule has 0 amide bonds. The summed E-state index contributed by atoms with van der Waals surface area (Å²) in [6.07, 6.45) is 2.72. The molecule has 2 N–H and O–H groups in total. The second-order valence-electron chi connectivity index (χ2n) is 6.66. The first-order valence-corrected chi connectivity index (χ1v) is 8.48. The summed E-state index contributed by atoms with van der Waals surface area (Å²) in [6, 6.07) is -0.0104. The molecule has 0 aromatic heterocycles. The van der Waals surface area contributed by atoms with Crippen molar-refractivity contribution in [2.24, 2.45) is 17.1 Å². The summed E-state index contributed by atoms with van der Waals surface area (Å²) in [5, 5.41) is 0. The molecular weight excluding hydrogens is 248 g/mol. The van der Waals surface area contributed by atoms with E-state index in [0.29, 0.717) is 25.4 Å². The number of hydrogen-bond donors (Lipinski definition) is 1. The SMILES string of the molecule is CC1CCCN(S(=O)(=O)CCC(C)(C)C)C1CN. The Balaban J connectivity index is 2.76. The highest BCUT2D eigenvalue weighted by Gasteiger charge is 2.35. The molecule has 1 aliphatic rings. The lowest BCUT2D eigenvalue weighted by atomic mass is 9.93. The van der Waals surface area contributed by atoms with Crippen molar-refractivity contribution in [2.75, 3.05) is 18.8 Å². The third kappa shape index (κ3) is 4.21. The first-order chi connectivity index (χ1) is 8.17. The molecule has 108 valence electrons. The molecule has 0 aromatic rings.